The molecule has 4 N–H and O–H groups in total. The molecule has 10 nitrogen and oxygen atoms in total. The number of imidazole rings is 1. The van der Waals surface area contributed by atoms with Crippen LogP contribution in [0.15, 0.2) is 88.7 Å². The number of hydrogen-bond acceptors (Lipinski definition) is 7. The van der Waals surface area contributed by atoms with Gasteiger partial charge >= 0.3 is 0 Å². The molecule has 1 aliphatic rings. The molecule has 0 radical (unpaired) electrons. The van der Waals surface area contributed by atoms with Crippen LogP contribution in [0.5, 0.6) is 5.75 Å². The number of phenols is 1. The Balaban J connectivity index is 1.18. The molecule has 3 aromatic carbocycles. The number of aromatic hydroxyl groups is 1. The lowest BCUT2D eigenvalue weighted by atomic mass is 10.0. The molecule has 0 aliphatic carbocycles. The summed E-state index contributed by atoms with van der Waals surface area (Å²) in [4.78, 5) is 27.4. The van der Waals surface area contributed by atoms with Crippen LogP contribution in [0.25, 0.3) is 33.5 Å². The fourth-order valence-corrected chi connectivity index (χ4v) is 6.22. The van der Waals surface area contributed by atoms with E-state index in [4.69, 9.17) is 0 Å². The lowest BCUT2D eigenvalue weighted by Crippen LogP contribution is -2.45. The van der Waals surface area contributed by atoms with Gasteiger partial charge < -0.3 is 24.9 Å². The minimum atomic E-state index is -3.86. The number of sulfonamides is 1. The van der Waals surface area contributed by atoms with Gasteiger partial charge in [0.15, 0.2) is 0 Å². The average Bonchev–Trinajstić information content (AvgIpc) is 3.42. The fourth-order valence-electron chi connectivity index (χ4n) is 5.14. The molecule has 1 fully saturated rings. The number of piperazine rings is 1. The summed E-state index contributed by atoms with van der Waals surface area (Å²) in [5.74, 6) is 0.332. The van der Waals surface area contributed by atoms with Crippen LogP contribution >= 0.6 is 0 Å². The number of nitrogens with zero attached hydrogens (tertiary/aromatic N) is 3. The van der Waals surface area contributed by atoms with E-state index in [9.17, 15) is 18.3 Å². The molecule has 0 spiro atoms. The maximum Gasteiger partial charge on any atom is 0.261 e. The highest BCUT2D eigenvalue weighted by Crippen LogP contribution is 2.33. The van der Waals surface area contributed by atoms with Gasteiger partial charge in [0.2, 0.25) is 0 Å². The molecule has 6 rings (SSSR count). The summed E-state index contributed by atoms with van der Waals surface area (Å²) in [5, 5.41) is 10.6. The highest BCUT2D eigenvalue weighted by atomic mass is 32.2. The zero-order valence-electron chi connectivity index (χ0n) is 23.2. The number of aromatic nitrogens is 3. The molecule has 0 unspecified atom stereocenters. The van der Waals surface area contributed by atoms with Crippen molar-refractivity contribution in [1.82, 2.24) is 24.8 Å². The highest BCUT2D eigenvalue weighted by Gasteiger charge is 2.18. The van der Waals surface area contributed by atoms with E-state index < -0.39 is 10.0 Å². The molecule has 3 heterocycles. The summed E-state index contributed by atoms with van der Waals surface area (Å²) in [6.07, 6.45) is 2.47. The molecule has 0 bridgehead atoms. The average molecular weight is 585 g/mol. The Hall–Kier alpha value is -4.45. The molecule has 0 atom stereocenters. The van der Waals surface area contributed by atoms with Crippen molar-refractivity contribution < 1.29 is 13.5 Å². The third kappa shape index (κ3) is 5.94. The molecule has 11 heteroatoms. The fraction of sp³-hybridized carbons (Fsp3) is 0.226. The van der Waals surface area contributed by atoms with Gasteiger partial charge in [-0.2, -0.15) is 0 Å². The number of benzene rings is 3. The molecule has 1 saturated heterocycles. The zero-order valence-corrected chi connectivity index (χ0v) is 24.0. The number of fused-ring (bicyclic) bond motifs is 1. The van der Waals surface area contributed by atoms with E-state index in [0.29, 0.717) is 39.2 Å². The van der Waals surface area contributed by atoms with Gasteiger partial charge in [0, 0.05) is 50.2 Å². The Morgan fingerprint density at radius 1 is 0.952 bits per heavy atom. The number of nitrogens with one attached hydrogen (secondary N) is 3. The summed E-state index contributed by atoms with van der Waals surface area (Å²) < 4.78 is 29.1. The Kier molecular flexibility index (Phi) is 7.55. The predicted molar refractivity (Wildman–Crippen MR) is 164 cm³/mol. The number of hydrogen-bond donors (Lipinski definition) is 4. The van der Waals surface area contributed by atoms with Gasteiger partial charge in [0.05, 0.1) is 21.5 Å². The van der Waals surface area contributed by atoms with Gasteiger partial charge in [0.1, 0.15) is 11.6 Å². The SMILES string of the molecule is CN1CCN(CCc2ccc(NS(=O)(=O)c3ccc4nc(-c5cc(-c6ccc[nH]c6=O)ccc5O)[nH]c4c3)cc2)CC1. The van der Waals surface area contributed by atoms with Crippen LogP contribution < -0.4 is 10.3 Å². The molecular weight excluding hydrogens is 552 g/mol. The van der Waals surface area contributed by atoms with Gasteiger partial charge in [0.25, 0.3) is 15.6 Å². The van der Waals surface area contributed by atoms with Crippen molar-refractivity contribution in [2.45, 2.75) is 11.3 Å². The van der Waals surface area contributed by atoms with Crippen LogP contribution in [0.3, 0.4) is 0 Å². The largest absolute Gasteiger partial charge is 0.507 e. The molecule has 42 heavy (non-hydrogen) atoms. The van der Waals surface area contributed by atoms with Crippen molar-refractivity contribution in [3.8, 4) is 28.3 Å². The normalized spacial score (nSPS) is 14.8. The minimum absolute atomic E-state index is 0.0216. The smallest absolute Gasteiger partial charge is 0.261 e. The van der Waals surface area contributed by atoms with Crippen molar-refractivity contribution in [3.05, 3.63) is 94.9 Å². The van der Waals surface area contributed by atoms with Gasteiger partial charge in [-0.25, -0.2) is 13.4 Å². The number of phenolic OH excluding ortho intramolecular Hbond substituents is 1. The molecule has 0 amide bonds. The Labute approximate surface area is 243 Å². The number of likely N-dealkylation sites (N-methyl/N-ethyl adjacent to an activating group) is 1. The summed E-state index contributed by atoms with van der Waals surface area (Å²) in [6, 6.07) is 20.4. The summed E-state index contributed by atoms with van der Waals surface area (Å²) in [6.45, 7) is 5.28. The maximum absolute atomic E-state index is 13.2. The lowest BCUT2D eigenvalue weighted by molar-refractivity contribution is 0.155. The second-order valence-corrected chi connectivity index (χ2v) is 12.3. The quantitative estimate of drug-likeness (QED) is 0.217. The molecular formula is C31H32N6O4S. The van der Waals surface area contributed by atoms with E-state index in [1.54, 1.807) is 48.7 Å². The van der Waals surface area contributed by atoms with E-state index in [-0.39, 0.29) is 16.2 Å². The predicted octanol–water partition coefficient (Wildman–Crippen LogP) is 3.88. The minimum Gasteiger partial charge on any atom is -0.507 e. The number of pyridine rings is 1. The second kappa shape index (κ2) is 11.4. The Bertz CT molecular complexity index is 1890. The van der Waals surface area contributed by atoms with Crippen LogP contribution in [0.1, 0.15) is 5.56 Å². The van der Waals surface area contributed by atoms with E-state index in [1.165, 1.54) is 18.2 Å². The van der Waals surface area contributed by atoms with Gasteiger partial charge in [-0.05, 0) is 79.2 Å². The van der Waals surface area contributed by atoms with Gasteiger partial charge in [-0.1, -0.05) is 18.2 Å². The van der Waals surface area contributed by atoms with Crippen LogP contribution in [0, 0.1) is 0 Å². The monoisotopic (exact) mass is 584 g/mol. The molecule has 5 aromatic rings. The topological polar surface area (TPSA) is 134 Å². The van der Waals surface area contributed by atoms with E-state index >= 15 is 0 Å². The van der Waals surface area contributed by atoms with E-state index in [0.717, 1.165) is 44.7 Å². The first-order chi connectivity index (χ1) is 20.2. The second-order valence-electron chi connectivity index (χ2n) is 10.6. The number of H-pyrrole nitrogens is 2. The van der Waals surface area contributed by atoms with Crippen molar-refractivity contribution in [3.63, 3.8) is 0 Å². The van der Waals surface area contributed by atoms with Crippen LogP contribution in [-0.2, 0) is 16.4 Å². The molecule has 1 aliphatic heterocycles. The first kappa shape index (κ1) is 27.7. The van der Waals surface area contributed by atoms with Gasteiger partial charge in [-0.3, -0.25) is 9.52 Å². The number of aromatic amines is 2. The first-order valence-electron chi connectivity index (χ1n) is 13.8. The first-order valence-corrected chi connectivity index (χ1v) is 15.3. The van der Waals surface area contributed by atoms with Crippen molar-refractivity contribution >= 4 is 26.7 Å². The van der Waals surface area contributed by atoms with Crippen LogP contribution in [0.2, 0.25) is 0 Å². The number of anilines is 1. The lowest BCUT2D eigenvalue weighted by Gasteiger charge is -2.32. The van der Waals surface area contributed by atoms with E-state index in [1.807, 2.05) is 12.1 Å². The van der Waals surface area contributed by atoms with Crippen LogP contribution in [0.4, 0.5) is 5.69 Å². The Morgan fingerprint density at radius 3 is 2.50 bits per heavy atom. The third-order valence-corrected chi connectivity index (χ3v) is 9.04. The molecule has 0 saturated carbocycles. The third-order valence-electron chi connectivity index (χ3n) is 7.66. The summed E-state index contributed by atoms with van der Waals surface area (Å²) in [7, 11) is -1.72. The molecule has 2 aromatic heterocycles. The summed E-state index contributed by atoms with van der Waals surface area (Å²) in [5.41, 5.74) is 3.89. The summed E-state index contributed by atoms with van der Waals surface area (Å²) >= 11 is 0. The molecule has 216 valence electrons. The zero-order chi connectivity index (χ0) is 29.3. The number of rotatable bonds is 8. The van der Waals surface area contributed by atoms with Crippen LogP contribution in [-0.4, -0.2) is 78.0 Å². The van der Waals surface area contributed by atoms with E-state index in [2.05, 4.69) is 36.5 Å². The van der Waals surface area contributed by atoms with Crippen molar-refractivity contribution in [2.75, 3.05) is 44.5 Å². The van der Waals surface area contributed by atoms with Gasteiger partial charge in [-0.15, -0.1) is 0 Å². The van der Waals surface area contributed by atoms with Crippen molar-refractivity contribution in [2.24, 2.45) is 0 Å². The standard InChI is InChI=1S/C31H32N6O4S/c1-36-15-17-37(18-16-36)14-12-21-4-7-23(8-5-21)35-42(40,41)24-9-10-27-28(20-24)34-30(33-27)26-19-22(6-11-29(26)38)25-3-2-13-32-31(25)39/h2-11,13,19-20,35,38H,12,14-18H2,1H3,(H,32,39)(H,33,34). The highest BCUT2D eigenvalue weighted by molar-refractivity contribution is 7.92. The van der Waals surface area contributed by atoms with Crippen molar-refractivity contribution in [1.29, 1.82) is 0 Å². The Morgan fingerprint density at radius 2 is 1.74 bits per heavy atom. The maximum atomic E-state index is 13.2.